The molecule has 2 aliphatic rings. The quantitative estimate of drug-likeness (QED) is 0.561. The van der Waals surface area contributed by atoms with Gasteiger partial charge in [0.25, 0.3) is 5.56 Å². The molecule has 198 valence electrons. The lowest BCUT2D eigenvalue weighted by atomic mass is 10.3. The molecule has 2 aromatic rings. The van der Waals surface area contributed by atoms with Gasteiger partial charge in [-0.2, -0.15) is 18.2 Å². The van der Waals surface area contributed by atoms with Crippen LogP contribution in [0.3, 0.4) is 0 Å². The number of carbonyl (C=O) groups excluding carboxylic acids is 1. The monoisotopic (exact) mass is 522 g/mol. The zero-order valence-electron chi connectivity index (χ0n) is 20.3. The van der Waals surface area contributed by atoms with E-state index in [1.54, 1.807) is 36.1 Å². The highest BCUT2D eigenvalue weighted by atomic mass is 19.4. The number of benzene rings is 1. The highest BCUT2D eigenvalue weighted by Crippen LogP contribution is 2.39. The van der Waals surface area contributed by atoms with Crippen molar-refractivity contribution in [1.82, 2.24) is 19.8 Å². The second kappa shape index (κ2) is 10.6. The van der Waals surface area contributed by atoms with Gasteiger partial charge >= 0.3 is 18.2 Å². The zero-order chi connectivity index (χ0) is 26.7. The maximum Gasteiger partial charge on any atom is 0.493 e. The Morgan fingerprint density at radius 1 is 1.24 bits per heavy atom. The van der Waals surface area contributed by atoms with Crippen LogP contribution in [0.15, 0.2) is 29.1 Å². The molecule has 11 nitrogen and oxygen atoms in total. The Bertz CT molecular complexity index is 1280. The number of aromatic nitrogens is 2. The number of anilines is 2. The second-order valence-electron chi connectivity index (χ2n) is 8.10. The zero-order valence-corrected chi connectivity index (χ0v) is 20.3. The molecule has 14 heteroatoms. The maximum atomic E-state index is 13.5. The number of halogens is 3. The summed E-state index contributed by atoms with van der Waals surface area (Å²) in [7, 11) is 2.89. The summed E-state index contributed by atoms with van der Waals surface area (Å²) in [5.74, 6) is 3.58. The van der Waals surface area contributed by atoms with Gasteiger partial charge in [-0.1, -0.05) is 12.0 Å². The number of nitrogens with one attached hydrogen (secondary N) is 1. The van der Waals surface area contributed by atoms with Gasteiger partial charge in [0.2, 0.25) is 5.82 Å². The third kappa shape index (κ3) is 5.27. The number of methoxy groups -OCH3 is 1. The predicted molar refractivity (Wildman–Crippen MR) is 126 cm³/mol. The van der Waals surface area contributed by atoms with Crippen LogP contribution in [-0.4, -0.2) is 72.7 Å². The van der Waals surface area contributed by atoms with Gasteiger partial charge < -0.3 is 24.5 Å². The molecular formula is C23H25F3N6O5. The first-order chi connectivity index (χ1) is 17.7. The van der Waals surface area contributed by atoms with E-state index in [0.29, 0.717) is 37.0 Å². The van der Waals surface area contributed by atoms with E-state index in [1.807, 2.05) is 0 Å². The number of hydrogen-bond acceptors (Lipinski definition) is 10. The minimum Gasteiger partial charge on any atom is -0.497 e. The van der Waals surface area contributed by atoms with E-state index in [0.717, 1.165) is 4.57 Å². The number of carbonyl (C=O) groups is 1. The van der Waals surface area contributed by atoms with Crippen LogP contribution in [0.4, 0.5) is 24.7 Å². The highest BCUT2D eigenvalue weighted by Gasteiger charge is 2.50. The average molecular weight is 522 g/mol. The number of piperazine rings is 1. The smallest absolute Gasteiger partial charge is 0.493 e. The van der Waals surface area contributed by atoms with Gasteiger partial charge in [0.1, 0.15) is 11.5 Å². The Labute approximate surface area is 210 Å². The Kier molecular flexibility index (Phi) is 7.46. The average Bonchev–Trinajstić information content (AvgIpc) is 3.18. The number of hydrogen-bond donors (Lipinski definition) is 1. The molecule has 0 radical (unpaired) electrons. The Hall–Kier alpha value is -3.96. The molecule has 0 amide bonds. The molecule has 1 aromatic heterocycles. The van der Waals surface area contributed by atoms with Gasteiger partial charge in [0.05, 0.1) is 13.7 Å². The molecule has 1 saturated heterocycles. The van der Waals surface area contributed by atoms with Crippen molar-refractivity contribution in [2.75, 3.05) is 49.8 Å². The third-order valence-electron chi connectivity index (χ3n) is 5.76. The molecule has 0 spiro atoms. The van der Waals surface area contributed by atoms with E-state index in [2.05, 4.69) is 22.1 Å². The molecule has 1 fully saturated rings. The van der Waals surface area contributed by atoms with Crippen LogP contribution in [0.5, 0.6) is 17.5 Å². The van der Waals surface area contributed by atoms with Gasteiger partial charge in [0.15, 0.2) is 12.0 Å². The van der Waals surface area contributed by atoms with E-state index in [-0.39, 0.29) is 29.8 Å². The van der Waals surface area contributed by atoms with Crippen LogP contribution in [0.1, 0.15) is 6.92 Å². The molecule has 1 atom stereocenters. The lowest BCUT2D eigenvalue weighted by Gasteiger charge is -2.40. The molecule has 37 heavy (non-hydrogen) atoms. The van der Waals surface area contributed by atoms with Crippen LogP contribution >= 0.6 is 0 Å². The SMILES string of the molecule is CC#CCN1c2c(nc(Oc3cccc(OC)c3)n(C)c2=O)N(OC(=O)C(F)(F)F)C1N1CCNCC1. The molecule has 1 aromatic carbocycles. The Morgan fingerprint density at radius 3 is 2.59 bits per heavy atom. The number of nitrogens with zero attached hydrogens (tertiary/aromatic N) is 5. The molecule has 1 N–H and O–H groups in total. The van der Waals surface area contributed by atoms with Crippen LogP contribution < -0.4 is 30.3 Å². The molecule has 0 saturated carbocycles. The summed E-state index contributed by atoms with van der Waals surface area (Å²) >= 11 is 0. The van der Waals surface area contributed by atoms with Crippen molar-refractivity contribution in [2.24, 2.45) is 7.05 Å². The van der Waals surface area contributed by atoms with E-state index in [1.165, 1.54) is 19.1 Å². The molecule has 0 bridgehead atoms. The van der Waals surface area contributed by atoms with Gasteiger partial charge in [-0.25, -0.2) is 4.79 Å². The summed E-state index contributed by atoms with van der Waals surface area (Å²) in [5, 5.41) is 3.87. The van der Waals surface area contributed by atoms with Crippen molar-refractivity contribution >= 4 is 17.5 Å². The predicted octanol–water partition coefficient (Wildman–Crippen LogP) is 1.44. The topological polar surface area (TPSA) is 101 Å². The minimum absolute atomic E-state index is 0.0226. The van der Waals surface area contributed by atoms with Crippen LogP contribution in [0.25, 0.3) is 0 Å². The molecule has 3 heterocycles. The van der Waals surface area contributed by atoms with Gasteiger partial charge in [-0.05, 0) is 19.1 Å². The lowest BCUT2D eigenvalue weighted by molar-refractivity contribution is -0.203. The Morgan fingerprint density at radius 2 is 1.95 bits per heavy atom. The fraction of sp³-hybridized carbons (Fsp3) is 0.435. The molecular weight excluding hydrogens is 497 g/mol. The van der Waals surface area contributed by atoms with E-state index in [4.69, 9.17) is 14.3 Å². The first-order valence-corrected chi connectivity index (χ1v) is 11.3. The highest BCUT2D eigenvalue weighted by molar-refractivity contribution is 5.80. The largest absolute Gasteiger partial charge is 0.497 e. The fourth-order valence-corrected chi connectivity index (χ4v) is 3.99. The number of alkyl halides is 3. The normalized spacial score (nSPS) is 17.6. The van der Waals surface area contributed by atoms with Crippen molar-refractivity contribution in [3.05, 3.63) is 34.6 Å². The first-order valence-electron chi connectivity index (χ1n) is 11.3. The summed E-state index contributed by atoms with van der Waals surface area (Å²) < 4.78 is 51.8. The lowest BCUT2D eigenvalue weighted by Crippen LogP contribution is -2.61. The summed E-state index contributed by atoms with van der Waals surface area (Å²) in [5.41, 5.74) is -0.687. The van der Waals surface area contributed by atoms with Crippen molar-refractivity contribution in [2.45, 2.75) is 19.4 Å². The van der Waals surface area contributed by atoms with Crippen LogP contribution in [-0.2, 0) is 16.7 Å². The van der Waals surface area contributed by atoms with E-state index in [9.17, 15) is 22.8 Å². The maximum absolute atomic E-state index is 13.5. The van der Waals surface area contributed by atoms with E-state index >= 15 is 0 Å². The van der Waals surface area contributed by atoms with Crippen LogP contribution in [0, 0.1) is 11.8 Å². The van der Waals surface area contributed by atoms with Gasteiger partial charge in [0, 0.05) is 39.3 Å². The summed E-state index contributed by atoms with van der Waals surface area (Å²) in [4.78, 5) is 37.9. The molecule has 0 aliphatic carbocycles. The van der Waals surface area contributed by atoms with Crippen molar-refractivity contribution in [3.63, 3.8) is 0 Å². The summed E-state index contributed by atoms with van der Waals surface area (Å²) in [6, 6.07) is 6.25. The minimum atomic E-state index is -5.27. The van der Waals surface area contributed by atoms with Crippen molar-refractivity contribution < 1.29 is 32.3 Å². The summed E-state index contributed by atoms with van der Waals surface area (Å²) in [6.07, 6.45) is -6.36. The number of rotatable bonds is 6. The second-order valence-corrected chi connectivity index (χ2v) is 8.10. The summed E-state index contributed by atoms with van der Waals surface area (Å²) in [6.45, 7) is 3.46. The number of fused-ring (bicyclic) bond motifs is 1. The molecule has 1 unspecified atom stereocenters. The van der Waals surface area contributed by atoms with Gasteiger partial charge in [-0.15, -0.1) is 11.0 Å². The Balaban J connectivity index is 1.85. The standard InChI is InChI=1S/C23H25F3N6O5/c1-4-5-11-31-17-18(28-21(29(2)19(17)33)36-16-8-6-7-15(14-16)35-3)32(37-20(34)23(24,25)26)22(31)30-12-9-27-10-13-30/h6-8,14,22,27H,9-13H2,1-3H3. The van der Waals surface area contributed by atoms with E-state index < -0.39 is 24.0 Å². The number of hydroxylamine groups is 1. The van der Waals surface area contributed by atoms with Crippen LogP contribution in [0.2, 0.25) is 0 Å². The van der Waals surface area contributed by atoms with Crippen molar-refractivity contribution in [3.8, 4) is 29.4 Å². The van der Waals surface area contributed by atoms with Crippen molar-refractivity contribution in [1.29, 1.82) is 0 Å². The molecule has 4 rings (SSSR count). The number of ether oxygens (including phenoxy) is 2. The first kappa shape index (κ1) is 26.1. The molecule has 2 aliphatic heterocycles. The fourth-order valence-electron chi connectivity index (χ4n) is 3.99. The third-order valence-corrected chi connectivity index (χ3v) is 5.76. The van der Waals surface area contributed by atoms with Gasteiger partial charge in [-0.3, -0.25) is 14.3 Å².